The molecule has 0 unspecified atom stereocenters. The van der Waals surface area contributed by atoms with E-state index < -0.39 is 11.6 Å². The number of halogens is 3. The fourth-order valence-electron chi connectivity index (χ4n) is 0.200. The van der Waals surface area contributed by atoms with Gasteiger partial charge in [-0.3, -0.25) is 0 Å². The van der Waals surface area contributed by atoms with Crippen LogP contribution in [0.2, 0.25) is 0 Å². The number of allylic oxidation sites excluding steroid dienone is 1. The molecule has 0 heterocycles. The van der Waals surface area contributed by atoms with Crippen molar-refractivity contribution in [2.75, 3.05) is 0 Å². The average Bonchev–Trinajstić information content (AvgIpc) is 1.62. The fraction of sp³-hybridized carbons (Fsp3) is 0.333. The Balaban J connectivity index is 3.82. The zero-order valence-electron chi connectivity index (χ0n) is 4.55. The van der Waals surface area contributed by atoms with Crippen molar-refractivity contribution in [1.82, 2.24) is 0 Å². The summed E-state index contributed by atoms with van der Waals surface area (Å²) in [5.41, 5.74) is -0.586. The maximum atomic E-state index is 11.4. The maximum absolute atomic E-state index is 11.4. The first kappa shape index (κ1) is 9.23. The zero-order valence-corrected chi connectivity index (χ0v) is 7.67. The SMILES string of the molecule is C=C([BH][K])C(F)(F)F. The summed E-state index contributed by atoms with van der Waals surface area (Å²) in [6.07, 6.45) is -4.14. The van der Waals surface area contributed by atoms with Gasteiger partial charge in [0.2, 0.25) is 0 Å². The second-order valence-electron chi connectivity index (χ2n) is 1.45. The molecule has 0 atom stereocenters. The Kier molecular flexibility index (Phi) is 3.94. The Bertz CT molecular complexity index is 97.2. The van der Waals surface area contributed by atoms with Crippen LogP contribution in [-0.4, -0.2) is 55.7 Å². The van der Waals surface area contributed by atoms with Crippen molar-refractivity contribution in [3.05, 3.63) is 12.1 Å². The zero-order chi connectivity index (χ0) is 6.78. The van der Waals surface area contributed by atoms with Crippen LogP contribution in [0.3, 0.4) is 0 Å². The molecule has 0 amide bonds. The molecule has 0 aliphatic rings. The number of hydrogen-bond donors (Lipinski definition) is 0. The van der Waals surface area contributed by atoms with E-state index in [0.717, 1.165) is 0 Å². The Morgan fingerprint density at radius 2 is 1.88 bits per heavy atom. The van der Waals surface area contributed by atoms with E-state index in [1.165, 1.54) is 0 Å². The monoisotopic (exact) mass is 146 g/mol. The Morgan fingerprint density at radius 3 is 1.88 bits per heavy atom. The van der Waals surface area contributed by atoms with Crippen LogP contribution in [0.25, 0.3) is 0 Å². The first-order valence-corrected chi connectivity index (χ1v) is 4.44. The van der Waals surface area contributed by atoms with Crippen LogP contribution >= 0.6 is 0 Å². The van der Waals surface area contributed by atoms with Crippen molar-refractivity contribution < 1.29 is 13.2 Å². The standard InChI is InChI=1S/C3H3BF3.K/c1-2(4)3(5,6)7;/h4H,1H2;/q+1;-1. The summed E-state index contributed by atoms with van der Waals surface area (Å²) in [7, 11) is 0. The summed E-state index contributed by atoms with van der Waals surface area (Å²) in [5, 5.41) is 0. The van der Waals surface area contributed by atoms with Gasteiger partial charge in [-0.15, -0.1) is 0 Å². The van der Waals surface area contributed by atoms with Gasteiger partial charge in [0, 0.05) is 0 Å². The van der Waals surface area contributed by atoms with Gasteiger partial charge >= 0.3 is 81.0 Å². The third-order valence-corrected chi connectivity index (χ3v) is 2.16. The Labute approximate surface area is 79.7 Å². The summed E-state index contributed by atoms with van der Waals surface area (Å²) in [5.74, 6) is 0. The van der Waals surface area contributed by atoms with Crippen molar-refractivity contribution in [1.29, 1.82) is 0 Å². The molecule has 0 saturated carbocycles. The van der Waals surface area contributed by atoms with Gasteiger partial charge in [-0.1, -0.05) is 0 Å². The van der Waals surface area contributed by atoms with Crippen LogP contribution in [-0.2, 0) is 0 Å². The molecule has 0 fully saturated rings. The topological polar surface area (TPSA) is 0 Å². The summed E-state index contributed by atoms with van der Waals surface area (Å²) >= 11 is 0.222. The summed E-state index contributed by atoms with van der Waals surface area (Å²) < 4.78 is 34.3. The molecule has 0 N–H and O–H groups in total. The average molecular weight is 146 g/mol. The normalized spacial score (nSPS) is 11.1. The molecule has 0 aliphatic carbocycles. The Morgan fingerprint density at radius 1 is 1.50 bits per heavy atom. The van der Waals surface area contributed by atoms with E-state index in [1.54, 1.807) is 0 Å². The minimum absolute atomic E-state index is 0.163. The van der Waals surface area contributed by atoms with Crippen LogP contribution in [0.1, 0.15) is 0 Å². The first-order chi connectivity index (χ1) is 3.48. The van der Waals surface area contributed by atoms with E-state index in [9.17, 15) is 13.2 Å². The van der Waals surface area contributed by atoms with Crippen molar-refractivity contribution >= 4 is 49.6 Å². The second kappa shape index (κ2) is 3.41. The van der Waals surface area contributed by atoms with Gasteiger partial charge in [0.1, 0.15) is 0 Å². The van der Waals surface area contributed by atoms with Crippen LogP contribution in [0.15, 0.2) is 12.1 Å². The number of alkyl halides is 3. The van der Waals surface area contributed by atoms with E-state index >= 15 is 0 Å². The molecule has 0 bridgehead atoms. The van der Waals surface area contributed by atoms with E-state index in [-0.39, 0.29) is 49.6 Å². The molecule has 0 aliphatic heterocycles. The van der Waals surface area contributed by atoms with Gasteiger partial charge in [0.05, 0.1) is 0 Å². The molecule has 8 heavy (non-hydrogen) atoms. The predicted molar refractivity (Wildman–Crippen MR) is 28.1 cm³/mol. The molecular weight excluding hydrogens is 143 g/mol. The van der Waals surface area contributed by atoms with Gasteiger partial charge in [0.15, 0.2) is 0 Å². The summed E-state index contributed by atoms with van der Waals surface area (Å²) in [4.78, 5) is 0. The van der Waals surface area contributed by atoms with Crippen LogP contribution in [0, 0.1) is 0 Å². The van der Waals surface area contributed by atoms with Gasteiger partial charge in [0.25, 0.3) is 0 Å². The molecule has 5 heteroatoms. The summed E-state index contributed by atoms with van der Waals surface area (Å²) in [6.45, 7) is 2.87. The van der Waals surface area contributed by atoms with Gasteiger partial charge < -0.3 is 0 Å². The van der Waals surface area contributed by atoms with E-state index in [2.05, 4.69) is 6.58 Å². The molecule has 0 saturated heterocycles. The van der Waals surface area contributed by atoms with E-state index in [4.69, 9.17) is 0 Å². The van der Waals surface area contributed by atoms with Crippen molar-refractivity contribution in [3.8, 4) is 0 Å². The van der Waals surface area contributed by atoms with Crippen LogP contribution < -0.4 is 0 Å². The molecule has 40 valence electrons. The van der Waals surface area contributed by atoms with E-state index in [1.807, 2.05) is 0 Å². The molecule has 0 spiro atoms. The van der Waals surface area contributed by atoms with Crippen molar-refractivity contribution in [2.24, 2.45) is 0 Å². The molecule has 0 aromatic rings. The van der Waals surface area contributed by atoms with Gasteiger partial charge in [-0.2, -0.15) is 0 Å². The van der Waals surface area contributed by atoms with Gasteiger partial charge in [-0.05, 0) is 0 Å². The van der Waals surface area contributed by atoms with Crippen molar-refractivity contribution in [3.63, 3.8) is 0 Å². The van der Waals surface area contributed by atoms with Crippen molar-refractivity contribution in [2.45, 2.75) is 6.18 Å². The predicted octanol–water partition coefficient (Wildman–Crippen LogP) is 0.582. The fourth-order valence-corrected chi connectivity index (χ4v) is 0.826. The third-order valence-electron chi connectivity index (χ3n) is 0.828. The van der Waals surface area contributed by atoms with Crippen LogP contribution in [0.4, 0.5) is 13.2 Å². The molecular formula is C3H3BF3K. The molecule has 0 radical (unpaired) electrons. The van der Waals surface area contributed by atoms with Crippen LogP contribution in [0.5, 0.6) is 0 Å². The minimum atomic E-state index is -4.14. The summed E-state index contributed by atoms with van der Waals surface area (Å²) in [6, 6.07) is 0. The molecule has 0 aromatic carbocycles. The number of rotatable bonds is 1. The van der Waals surface area contributed by atoms with E-state index in [0.29, 0.717) is 0 Å². The number of hydrogen-bond acceptors (Lipinski definition) is 0. The molecule has 0 rings (SSSR count). The Hall–Kier alpha value is 1.23. The first-order valence-electron chi connectivity index (χ1n) is 2.23. The second-order valence-corrected chi connectivity index (χ2v) is 2.56. The van der Waals surface area contributed by atoms with Gasteiger partial charge in [-0.25, -0.2) is 0 Å². The quantitative estimate of drug-likeness (QED) is 0.474. The molecule has 0 aromatic heterocycles. The molecule has 0 nitrogen and oxygen atoms in total. The third kappa shape index (κ3) is 3.29.